The van der Waals surface area contributed by atoms with Crippen LogP contribution < -0.4 is 15.0 Å². The van der Waals surface area contributed by atoms with Crippen molar-refractivity contribution in [2.75, 3.05) is 4.90 Å². The number of para-hydroxylation sites is 1. The molecule has 2 heterocycles. The zero-order chi connectivity index (χ0) is 21.1. The lowest BCUT2D eigenvalue weighted by molar-refractivity contribution is -0.122. The molecule has 1 saturated heterocycles. The highest BCUT2D eigenvalue weighted by molar-refractivity contribution is 7.80. The molecule has 1 N–H and O–H groups in total. The first-order chi connectivity index (χ1) is 14.5. The summed E-state index contributed by atoms with van der Waals surface area (Å²) in [5, 5.41) is 6.77. The van der Waals surface area contributed by atoms with Gasteiger partial charge in [-0.1, -0.05) is 18.2 Å². The van der Waals surface area contributed by atoms with Gasteiger partial charge in [0.2, 0.25) is 0 Å². The van der Waals surface area contributed by atoms with Crippen LogP contribution in [0.4, 0.5) is 5.69 Å². The number of thiocarbonyl (C=S) groups is 1. The van der Waals surface area contributed by atoms with Gasteiger partial charge in [0.15, 0.2) is 5.11 Å². The van der Waals surface area contributed by atoms with Crippen LogP contribution in [0.15, 0.2) is 72.6 Å². The van der Waals surface area contributed by atoms with Crippen molar-refractivity contribution >= 4 is 40.9 Å². The fourth-order valence-electron chi connectivity index (χ4n) is 2.97. The van der Waals surface area contributed by atoms with Crippen LogP contribution in [0, 0.1) is 0 Å². The number of carbonyl (C=O) groups is 2. The van der Waals surface area contributed by atoms with Crippen LogP contribution in [0.3, 0.4) is 0 Å². The Morgan fingerprint density at radius 3 is 2.43 bits per heavy atom. The number of ether oxygens (including phenoxy) is 1. The van der Waals surface area contributed by atoms with E-state index in [2.05, 4.69) is 10.4 Å². The minimum absolute atomic E-state index is 0.0103. The molecule has 0 bridgehead atoms. The Hall–Kier alpha value is -3.78. The maximum Gasteiger partial charge on any atom is 0.270 e. The first-order valence-electron chi connectivity index (χ1n) is 9.32. The number of aryl methyl sites for hydroxylation is 1. The molecule has 7 nitrogen and oxygen atoms in total. The third-order valence-corrected chi connectivity index (χ3v) is 4.75. The zero-order valence-electron chi connectivity index (χ0n) is 16.1. The number of hydrogen-bond acceptors (Lipinski definition) is 5. The van der Waals surface area contributed by atoms with Crippen LogP contribution in [-0.4, -0.2) is 26.7 Å². The van der Waals surface area contributed by atoms with E-state index in [1.165, 1.54) is 11.0 Å². The average Bonchev–Trinajstić information content (AvgIpc) is 3.21. The Kier molecular flexibility index (Phi) is 5.40. The van der Waals surface area contributed by atoms with Gasteiger partial charge in [0.05, 0.1) is 11.9 Å². The van der Waals surface area contributed by atoms with Gasteiger partial charge < -0.3 is 4.74 Å². The molecular formula is C22H18N4O3S. The maximum atomic E-state index is 13.1. The summed E-state index contributed by atoms with van der Waals surface area (Å²) in [5.74, 6) is 0.297. The Balaban J connectivity index is 1.58. The molecule has 0 unspecified atom stereocenters. The number of anilines is 1. The quantitative estimate of drug-likeness (QED) is 0.390. The van der Waals surface area contributed by atoms with Crippen LogP contribution in [0.1, 0.15) is 12.5 Å². The molecule has 1 aliphatic heterocycles. The number of aromatic nitrogens is 2. The van der Waals surface area contributed by atoms with Gasteiger partial charge in [0.1, 0.15) is 17.1 Å². The van der Waals surface area contributed by atoms with E-state index in [-0.39, 0.29) is 10.7 Å². The predicted octanol–water partition coefficient (Wildman–Crippen LogP) is 3.53. The van der Waals surface area contributed by atoms with Gasteiger partial charge in [0, 0.05) is 18.3 Å². The van der Waals surface area contributed by atoms with Crippen molar-refractivity contribution in [3.63, 3.8) is 0 Å². The second kappa shape index (κ2) is 8.30. The molecule has 2 aromatic carbocycles. The van der Waals surface area contributed by atoms with Gasteiger partial charge in [-0.25, -0.2) is 0 Å². The van der Waals surface area contributed by atoms with Crippen molar-refractivity contribution in [2.24, 2.45) is 0 Å². The number of benzene rings is 2. The van der Waals surface area contributed by atoms with Crippen molar-refractivity contribution < 1.29 is 14.3 Å². The topological polar surface area (TPSA) is 76.5 Å². The summed E-state index contributed by atoms with van der Waals surface area (Å²) in [6.45, 7) is 2.64. The Labute approximate surface area is 178 Å². The number of hydrogen-bond donors (Lipinski definition) is 1. The Bertz CT molecular complexity index is 1140. The summed E-state index contributed by atoms with van der Waals surface area (Å²) in [6, 6.07) is 16.3. The van der Waals surface area contributed by atoms with Gasteiger partial charge in [-0.15, -0.1) is 0 Å². The van der Waals surface area contributed by atoms with E-state index >= 15 is 0 Å². The second-order valence-corrected chi connectivity index (χ2v) is 6.88. The van der Waals surface area contributed by atoms with Crippen molar-refractivity contribution in [1.29, 1.82) is 0 Å². The first-order valence-corrected chi connectivity index (χ1v) is 9.73. The third-order valence-electron chi connectivity index (χ3n) is 4.46. The molecule has 30 heavy (non-hydrogen) atoms. The normalized spacial score (nSPS) is 15.4. The van der Waals surface area contributed by atoms with Crippen molar-refractivity contribution in [2.45, 2.75) is 13.5 Å². The molecule has 0 atom stereocenters. The smallest absolute Gasteiger partial charge is 0.270 e. The highest BCUT2D eigenvalue weighted by Gasteiger charge is 2.34. The van der Waals surface area contributed by atoms with E-state index in [0.717, 1.165) is 0 Å². The van der Waals surface area contributed by atoms with Gasteiger partial charge in [-0.2, -0.15) is 5.10 Å². The molecule has 0 saturated carbocycles. The Morgan fingerprint density at radius 2 is 1.77 bits per heavy atom. The number of carbonyl (C=O) groups excluding carboxylic acids is 2. The SMILES string of the molecule is CCn1cc(/C=C2/C(=O)NC(=S)N(c3ccc(Oc4ccccc4)cc3)C2=O)cn1. The van der Waals surface area contributed by atoms with Crippen LogP contribution in [-0.2, 0) is 16.1 Å². The summed E-state index contributed by atoms with van der Waals surface area (Å²) in [4.78, 5) is 26.7. The molecule has 3 aromatic rings. The van der Waals surface area contributed by atoms with E-state index in [1.807, 2.05) is 37.3 Å². The predicted molar refractivity (Wildman–Crippen MR) is 117 cm³/mol. The number of amides is 2. The van der Waals surface area contributed by atoms with Crippen molar-refractivity contribution in [3.8, 4) is 11.5 Å². The zero-order valence-corrected chi connectivity index (χ0v) is 16.9. The molecule has 1 fully saturated rings. The molecule has 8 heteroatoms. The van der Waals surface area contributed by atoms with Gasteiger partial charge in [0.25, 0.3) is 11.8 Å². The molecule has 150 valence electrons. The highest BCUT2D eigenvalue weighted by atomic mass is 32.1. The Morgan fingerprint density at radius 1 is 1.07 bits per heavy atom. The standard InChI is InChI=1S/C22H18N4O3S/c1-2-25-14-15(13-23-25)12-19-20(27)24-22(30)26(21(19)28)16-8-10-18(11-9-16)29-17-6-4-3-5-7-17/h3-14H,2H2,1H3,(H,24,27,30)/b19-12-. The van der Waals surface area contributed by atoms with Gasteiger partial charge in [-0.3, -0.25) is 24.5 Å². The fraction of sp³-hybridized carbons (Fsp3) is 0.0909. The molecular weight excluding hydrogens is 400 g/mol. The molecule has 2 amide bonds. The van der Waals surface area contributed by atoms with Gasteiger partial charge in [-0.05, 0) is 61.6 Å². The summed E-state index contributed by atoms with van der Waals surface area (Å²) in [6.07, 6.45) is 4.88. The summed E-state index contributed by atoms with van der Waals surface area (Å²) >= 11 is 5.24. The lowest BCUT2D eigenvalue weighted by Crippen LogP contribution is -2.54. The van der Waals surface area contributed by atoms with Crippen LogP contribution in [0.5, 0.6) is 11.5 Å². The van der Waals surface area contributed by atoms with Crippen LogP contribution in [0.25, 0.3) is 6.08 Å². The monoisotopic (exact) mass is 418 g/mol. The molecule has 0 spiro atoms. The molecule has 1 aromatic heterocycles. The van der Waals surface area contributed by atoms with E-state index in [4.69, 9.17) is 17.0 Å². The number of nitrogens with one attached hydrogen (secondary N) is 1. The molecule has 4 rings (SSSR count). The van der Waals surface area contributed by atoms with Gasteiger partial charge >= 0.3 is 0 Å². The lowest BCUT2D eigenvalue weighted by atomic mass is 10.1. The largest absolute Gasteiger partial charge is 0.457 e. The first kappa shape index (κ1) is 19.5. The lowest BCUT2D eigenvalue weighted by Gasteiger charge is -2.28. The summed E-state index contributed by atoms with van der Waals surface area (Å²) in [7, 11) is 0. The maximum absolute atomic E-state index is 13.1. The third kappa shape index (κ3) is 3.99. The number of nitrogens with zero attached hydrogens (tertiary/aromatic N) is 3. The summed E-state index contributed by atoms with van der Waals surface area (Å²) in [5.41, 5.74) is 1.18. The van der Waals surface area contributed by atoms with Crippen molar-refractivity contribution in [1.82, 2.24) is 15.1 Å². The summed E-state index contributed by atoms with van der Waals surface area (Å²) < 4.78 is 7.49. The van der Waals surface area contributed by atoms with Crippen LogP contribution in [0.2, 0.25) is 0 Å². The minimum Gasteiger partial charge on any atom is -0.457 e. The molecule has 0 aliphatic carbocycles. The van der Waals surface area contributed by atoms with E-state index in [1.54, 1.807) is 41.3 Å². The second-order valence-electron chi connectivity index (χ2n) is 6.50. The minimum atomic E-state index is -0.533. The van der Waals surface area contributed by atoms with Crippen molar-refractivity contribution in [3.05, 3.63) is 78.1 Å². The fourth-order valence-corrected chi connectivity index (χ4v) is 3.25. The highest BCUT2D eigenvalue weighted by Crippen LogP contribution is 2.27. The van der Waals surface area contributed by atoms with Crippen LogP contribution >= 0.6 is 12.2 Å². The molecule has 1 aliphatic rings. The number of rotatable bonds is 5. The van der Waals surface area contributed by atoms with E-state index in [9.17, 15) is 9.59 Å². The average molecular weight is 418 g/mol. The van der Waals surface area contributed by atoms with E-state index in [0.29, 0.717) is 29.3 Å². The molecule has 0 radical (unpaired) electrons. The van der Waals surface area contributed by atoms with E-state index < -0.39 is 11.8 Å².